The lowest BCUT2D eigenvalue weighted by molar-refractivity contribution is -0.384. The Balaban J connectivity index is 2.01. The number of anilines is 1. The van der Waals surface area contributed by atoms with Crippen molar-refractivity contribution in [3.8, 4) is 0 Å². The molecule has 31 heavy (non-hydrogen) atoms. The summed E-state index contributed by atoms with van der Waals surface area (Å²) >= 11 is 0. The third kappa shape index (κ3) is 13.0. The second-order valence-corrected chi connectivity index (χ2v) is 8.51. The van der Waals surface area contributed by atoms with Gasteiger partial charge in [0.1, 0.15) is 0 Å². The molecule has 1 aromatic carbocycles. The molecule has 1 rings (SSSR count). The van der Waals surface area contributed by atoms with Gasteiger partial charge in [-0.05, 0) is 18.6 Å². The van der Waals surface area contributed by atoms with Crippen LogP contribution in [0.4, 0.5) is 16.2 Å². The van der Waals surface area contributed by atoms with Crippen molar-refractivity contribution in [1.29, 1.82) is 0 Å². The molecule has 1 N–H and O–H groups in total. The molecule has 0 saturated carbocycles. The number of carboxylic acid groups (broad SMARTS) is 1. The lowest BCUT2D eigenvalue weighted by Crippen LogP contribution is -2.30. The van der Waals surface area contributed by atoms with Crippen LogP contribution in [-0.4, -0.2) is 22.7 Å². The van der Waals surface area contributed by atoms with Gasteiger partial charge in [0.25, 0.3) is 5.69 Å². The highest BCUT2D eigenvalue weighted by Gasteiger charge is 2.15. The maximum absolute atomic E-state index is 11.5. The molecule has 0 aromatic heterocycles. The van der Waals surface area contributed by atoms with Crippen LogP contribution < -0.4 is 4.90 Å². The molecule has 0 fully saturated rings. The summed E-state index contributed by atoms with van der Waals surface area (Å²) in [5.41, 5.74) is 0.454. The van der Waals surface area contributed by atoms with Gasteiger partial charge in [-0.3, -0.25) is 15.0 Å². The third-order valence-corrected chi connectivity index (χ3v) is 5.84. The molecule has 0 heterocycles. The number of benzene rings is 1. The number of non-ortho nitro benzene ring substituents is 1. The Morgan fingerprint density at radius 3 is 1.52 bits per heavy atom. The van der Waals surface area contributed by atoms with E-state index in [4.69, 9.17) is 0 Å². The van der Waals surface area contributed by atoms with E-state index in [0.717, 1.165) is 19.3 Å². The molecule has 6 heteroatoms. The van der Waals surface area contributed by atoms with Crippen LogP contribution >= 0.6 is 0 Å². The minimum Gasteiger partial charge on any atom is -0.465 e. The van der Waals surface area contributed by atoms with Crippen LogP contribution in [0.3, 0.4) is 0 Å². The fraction of sp³-hybridized carbons (Fsp3) is 0.720. The zero-order valence-electron chi connectivity index (χ0n) is 19.4. The van der Waals surface area contributed by atoms with Gasteiger partial charge in [0.15, 0.2) is 0 Å². The Labute approximate surface area is 188 Å². The molecule has 0 saturated heterocycles. The van der Waals surface area contributed by atoms with Crippen molar-refractivity contribution in [3.63, 3.8) is 0 Å². The summed E-state index contributed by atoms with van der Waals surface area (Å²) in [4.78, 5) is 23.0. The number of unbranched alkanes of at least 4 members (excludes halogenated alkanes) is 15. The standard InChI is InChI=1S/C25H42N2O4/c1-2-3-4-5-6-7-8-9-10-11-12-13-14-15-16-17-22-26(25(28)29)23-18-20-24(21-19-23)27(30)31/h18-21H,2-17,22H2,1H3,(H,28,29). The lowest BCUT2D eigenvalue weighted by Gasteiger charge is -2.19. The Morgan fingerprint density at radius 2 is 1.16 bits per heavy atom. The van der Waals surface area contributed by atoms with Gasteiger partial charge in [-0.2, -0.15) is 0 Å². The van der Waals surface area contributed by atoms with Gasteiger partial charge in [-0.1, -0.05) is 103 Å². The lowest BCUT2D eigenvalue weighted by atomic mass is 10.0. The van der Waals surface area contributed by atoms with Gasteiger partial charge in [-0.25, -0.2) is 4.79 Å². The molecule has 6 nitrogen and oxygen atoms in total. The molecule has 0 bridgehead atoms. The van der Waals surface area contributed by atoms with Crippen LogP contribution in [0.5, 0.6) is 0 Å². The van der Waals surface area contributed by atoms with Gasteiger partial charge in [0, 0.05) is 24.4 Å². The molecule has 0 unspecified atom stereocenters. The molecule has 0 aliphatic heterocycles. The van der Waals surface area contributed by atoms with E-state index in [1.807, 2.05) is 0 Å². The maximum atomic E-state index is 11.5. The number of hydrogen-bond acceptors (Lipinski definition) is 3. The smallest absolute Gasteiger partial charge is 0.411 e. The normalized spacial score (nSPS) is 10.9. The number of nitro groups is 1. The van der Waals surface area contributed by atoms with Gasteiger partial charge >= 0.3 is 6.09 Å². The van der Waals surface area contributed by atoms with Gasteiger partial charge in [0.2, 0.25) is 0 Å². The summed E-state index contributed by atoms with van der Waals surface area (Å²) in [6, 6.07) is 5.69. The van der Waals surface area contributed by atoms with E-state index in [1.54, 1.807) is 0 Å². The molecule has 0 radical (unpaired) electrons. The summed E-state index contributed by atoms with van der Waals surface area (Å²) in [6.07, 6.45) is 19.5. The van der Waals surface area contributed by atoms with E-state index in [-0.39, 0.29) is 5.69 Å². The van der Waals surface area contributed by atoms with Crippen LogP contribution in [0.25, 0.3) is 0 Å². The van der Waals surface area contributed by atoms with Gasteiger partial charge < -0.3 is 5.11 Å². The van der Waals surface area contributed by atoms with E-state index in [0.29, 0.717) is 12.2 Å². The summed E-state index contributed by atoms with van der Waals surface area (Å²) < 4.78 is 0. The highest BCUT2D eigenvalue weighted by molar-refractivity contribution is 5.86. The Kier molecular flexibility index (Phi) is 15.3. The maximum Gasteiger partial charge on any atom is 0.411 e. The molecule has 0 spiro atoms. The Hall–Kier alpha value is -2.11. The summed E-state index contributed by atoms with van der Waals surface area (Å²) in [5.74, 6) is 0. The van der Waals surface area contributed by atoms with Crippen molar-refractivity contribution in [2.24, 2.45) is 0 Å². The quantitative estimate of drug-likeness (QED) is 0.135. The van der Waals surface area contributed by atoms with Crippen molar-refractivity contribution in [2.75, 3.05) is 11.4 Å². The zero-order valence-corrected chi connectivity index (χ0v) is 19.4. The average Bonchev–Trinajstić information content (AvgIpc) is 2.76. The van der Waals surface area contributed by atoms with E-state index in [2.05, 4.69) is 6.92 Å². The first kappa shape index (κ1) is 26.9. The molecule has 0 atom stereocenters. The highest BCUT2D eigenvalue weighted by atomic mass is 16.6. The first-order valence-corrected chi connectivity index (χ1v) is 12.3. The summed E-state index contributed by atoms with van der Waals surface area (Å²) in [7, 11) is 0. The number of nitro benzene ring substituents is 1. The van der Waals surface area contributed by atoms with E-state index in [1.165, 1.54) is 113 Å². The van der Waals surface area contributed by atoms with Crippen LogP contribution in [0.1, 0.15) is 110 Å². The topological polar surface area (TPSA) is 83.7 Å². The fourth-order valence-electron chi connectivity index (χ4n) is 3.91. The largest absolute Gasteiger partial charge is 0.465 e. The highest BCUT2D eigenvalue weighted by Crippen LogP contribution is 2.20. The predicted molar refractivity (Wildman–Crippen MR) is 128 cm³/mol. The molecule has 0 aliphatic rings. The molecule has 0 aliphatic carbocycles. The number of hydrogen-bond donors (Lipinski definition) is 1. The minimum atomic E-state index is -1.02. The van der Waals surface area contributed by atoms with E-state index in [9.17, 15) is 20.0 Å². The summed E-state index contributed by atoms with van der Waals surface area (Å²) in [6.45, 7) is 2.68. The van der Waals surface area contributed by atoms with E-state index >= 15 is 0 Å². The zero-order chi connectivity index (χ0) is 22.7. The summed E-state index contributed by atoms with van der Waals surface area (Å²) in [5, 5.41) is 20.2. The van der Waals surface area contributed by atoms with Crippen LogP contribution in [-0.2, 0) is 0 Å². The molecule has 1 amide bonds. The average molecular weight is 435 g/mol. The second-order valence-electron chi connectivity index (χ2n) is 8.51. The molecule has 176 valence electrons. The van der Waals surface area contributed by atoms with Crippen molar-refractivity contribution >= 4 is 17.5 Å². The van der Waals surface area contributed by atoms with Crippen molar-refractivity contribution in [2.45, 2.75) is 110 Å². The predicted octanol–water partition coefficient (Wildman–Crippen LogP) is 8.34. The fourth-order valence-corrected chi connectivity index (χ4v) is 3.91. The van der Waals surface area contributed by atoms with Crippen molar-refractivity contribution < 1.29 is 14.8 Å². The first-order chi connectivity index (χ1) is 15.1. The molecular weight excluding hydrogens is 392 g/mol. The van der Waals surface area contributed by atoms with E-state index < -0.39 is 11.0 Å². The Bertz CT molecular complexity index is 604. The number of amides is 1. The SMILES string of the molecule is CCCCCCCCCCCCCCCCCCN(C(=O)O)c1ccc([N+](=O)[O-])cc1. The van der Waals surface area contributed by atoms with Crippen LogP contribution in [0.2, 0.25) is 0 Å². The van der Waals surface area contributed by atoms with Crippen molar-refractivity contribution in [3.05, 3.63) is 34.4 Å². The van der Waals surface area contributed by atoms with Crippen molar-refractivity contribution in [1.82, 2.24) is 0 Å². The minimum absolute atomic E-state index is 0.0310. The van der Waals surface area contributed by atoms with Gasteiger partial charge in [0.05, 0.1) is 4.92 Å². The molecular formula is C25H42N2O4. The number of carbonyl (C=O) groups is 1. The molecule has 1 aromatic rings. The second kappa shape index (κ2) is 17.6. The van der Waals surface area contributed by atoms with Gasteiger partial charge in [-0.15, -0.1) is 0 Å². The monoisotopic (exact) mass is 434 g/mol. The van der Waals surface area contributed by atoms with Crippen LogP contribution in [0, 0.1) is 10.1 Å². The van der Waals surface area contributed by atoms with Crippen LogP contribution in [0.15, 0.2) is 24.3 Å². The third-order valence-electron chi connectivity index (χ3n) is 5.84. The number of nitrogens with zero attached hydrogens (tertiary/aromatic N) is 2. The first-order valence-electron chi connectivity index (χ1n) is 12.3. The number of rotatable bonds is 19. The Morgan fingerprint density at radius 1 is 0.774 bits per heavy atom.